The Morgan fingerprint density at radius 2 is 2.43 bits per heavy atom. The fourth-order valence-electron chi connectivity index (χ4n) is 0.0660. The predicted octanol–water partition coefficient (Wildman–Crippen LogP) is 1.07. The molecule has 0 amide bonds. The first-order chi connectivity index (χ1) is 3.18. The third-order valence-electron chi connectivity index (χ3n) is 0.403. The van der Waals surface area contributed by atoms with Crippen molar-refractivity contribution < 1.29 is 9.90 Å². The monoisotopic (exact) mass is 186 g/mol. The number of hydrogen-bond acceptors (Lipinski definition) is 1. The second-order valence-electron chi connectivity index (χ2n) is 0.960. The minimum absolute atomic E-state index is 0.296. The zero-order valence-corrected chi connectivity index (χ0v) is 5.74. The van der Waals surface area contributed by atoms with E-state index in [2.05, 4.69) is 15.9 Å². The van der Waals surface area contributed by atoms with E-state index in [9.17, 15) is 4.79 Å². The molecule has 1 unspecified atom stereocenters. The van der Waals surface area contributed by atoms with Gasteiger partial charge in [-0.2, -0.15) is 0 Å². The summed E-state index contributed by atoms with van der Waals surface area (Å²) in [7, 11) is 0. The van der Waals surface area contributed by atoms with Gasteiger partial charge in [-0.05, 0) is 0 Å². The first-order valence-corrected chi connectivity index (χ1v) is 3.17. The molecule has 7 heavy (non-hydrogen) atoms. The molecule has 0 spiro atoms. The van der Waals surface area contributed by atoms with E-state index in [-0.39, 0.29) is 0 Å². The molecule has 0 aromatic carbocycles. The van der Waals surface area contributed by atoms with Gasteiger partial charge in [0.15, 0.2) is 0 Å². The second kappa shape index (κ2) is 3.27. The van der Waals surface area contributed by atoms with E-state index in [1.165, 1.54) is 0 Å². The van der Waals surface area contributed by atoms with Gasteiger partial charge < -0.3 is 5.11 Å². The van der Waals surface area contributed by atoms with Gasteiger partial charge >= 0.3 is 5.97 Å². The van der Waals surface area contributed by atoms with E-state index in [0.717, 1.165) is 0 Å². The number of hydrogen-bond donors (Lipinski definition) is 1. The third-order valence-corrected chi connectivity index (χ3v) is 1.76. The molecule has 0 aliphatic rings. The average molecular weight is 187 g/mol. The summed E-state index contributed by atoms with van der Waals surface area (Å²) in [5.41, 5.74) is 0. The lowest BCUT2D eigenvalue weighted by Crippen LogP contribution is -2.13. The third kappa shape index (κ3) is 2.88. The van der Waals surface area contributed by atoms with Crippen LogP contribution in [0, 0.1) is 0 Å². The summed E-state index contributed by atoms with van der Waals surface area (Å²) in [5, 5.41) is 7.52. The largest absolute Gasteiger partial charge is 0.480 e. The Labute approximate surface area is 54.6 Å². The Hall–Kier alpha value is 0.240. The highest BCUT2D eigenvalue weighted by molar-refractivity contribution is 9.09. The molecule has 0 aromatic heterocycles. The van der Waals surface area contributed by atoms with E-state index < -0.39 is 11.3 Å². The highest BCUT2D eigenvalue weighted by Gasteiger charge is 2.09. The van der Waals surface area contributed by atoms with Gasteiger partial charge in [0, 0.05) is 5.33 Å². The number of halogens is 2. The Kier molecular flexibility index (Phi) is 3.38. The number of alkyl halides is 2. The van der Waals surface area contributed by atoms with Crippen LogP contribution in [0.5, 0.6) is 0 Å². The Morgan fingerprint density at radius 3 is 2.43 bits per heavy atom. The smallest absolute Gasteiger partial charge is 0.322 e. The van der Waals surface area contributed by atoms with Gasteiger partial charge in [0.25, 0.3) is 0 Å². The molecule has 0 aliphatic carbocycles. The van der Waals surface area contributed by atoms with Crippen molar-refractivity contribution in [3.63, 3.8) is 0 Å². The molecular formula is C3H4BrClO2. The molecular weight excluding hydrogens is 183 g/mol. The van der Waals surface area contributed by atoms with Gasteiger partial charge in [0.1, 0.15) is 5.38 Å². The van der Waals surface area contributed by atoms with Gasteiger partial charge in [0.05, 0.1) is 0 Å². The van der Waals surface area contributed by atoms with Crippen LogP contribution in [0.25, 0.3) is 0 Å². The Bertz CT molecular complexity index is 75.3. The molecule has 0 fully saturated rings. The summed E-state index contributed by atoms with van der Waals surface area (Å²) in [6, 6.07) is 0. The van der Waals surface area contributed by atoms with Crippen molar-refractivity contribution in [2.24, 2.45) is 0 Å². The molecule has 0 aliphatic heterocycles. The van der Waals surface area contributed by atoms with Gasteiger partial charge in [0.2, 0.25) is 0 Å². The SMILES string of the molecule is O=C(O)C(Cl)CBr. The van der Waals surface area contributed by atoms with Crippen LogP contribution in [-0.4, -0.2) is 21.8 Å². The maximum atomic E-state index is 9.77. The summed E-state index contributed by atoms with van der Waals surface area (Å²) in [6.45, 7) is 0. The maximum absolute atomic E-state index is 9.77. The lowest BCUT2D eigenvalue weighted by Gasteiger charge is -1.92. The second-order valence-corrected chi connectivity index (χ2v) is 2.13. The van der Waals surface area contributed by atoms with Crippen LogP contribution in [0.2, 0.25) is 0 Å². The number of carboxylic acid groups (broad SMARTS) is 1. The number of carboxylic acids is 1. The summed E-state index contributed by atoms with van der Waals surface area (Å²) in [6.07, 6.45) is 0. The highest BCUT2D eigenvalue weighted by Crippen LogP contribution is 1.98. The molecule has 0 saturated carbocycles. The average Bonchev–Trinajstić information content (AvgIpc) is 1.65. The first-order valence-electron chi connectivity index (χ1n) is 1.61. The van der Waals surface area contributed by atoms with Gasteiger partial charge in [-0.1, -0.05) is 15.9 Å². The number of rotatable bonds is 2. The molecule has 1 N–H and O–H groups in total. The zero-order chi connectivity index (χ0) is 5.86. The van der Waals surface area contributed by atoms with Crippen LogP contribution < -0.4 is 0 Å². The van der Waals surface area contributed by atoms with Gasteiger partial charge in [-0.15, -0.1) is 11.6 Å². The molecule has 0 bridgehead atoms. The summed E-state index contributed by atoms with van der Waals surface area (Å²) >= 11 is 8.06. The Morgan fingerprint density at radius 1 is 2.00 bits per heavy atom. The fourth-order valence-corrected chi connectivity index (χ4v) is 0.343. The normalized spacial score (nSPS) is 13.4. The summed E-state index contributed by atoms with van der Waals surface area (Å²) in [4.78, 5) is 9.77. The zero-order valence-electron chi connectivity index (χ0n) is 3.40. The van der Waals surface area contributed by atoms with E-state index in [1.807, 2.05) is 0 Å². The molecule has 2 nitrogen and oxygen atoms in total. The topological polar surface area (TPSA) is 37.3 Å². The molecule has 0 rings (SSSR count). The number of carbonyl (C=O) groups is 1. The minimum atomic E-state index is -0.987. The first kappa shape index (κ1) is 7.24. The highest BCUT2D eigenvalue weighted by atomic mass is 79.9. The molecule has 0 heterocycles. The van der Waals surface area contributed by atoms with Crippen molar-refractivity contribution in [3.8, 4) is 0 Å². The van der Waals surface area contributed by atoms with Crippen LogP contribution >= 0.6 is 27.5 Å². The van der Waals surface area contributed by atoms with Gasteiger partial charge in [-0.3, -0.25) is 4.79 Å². The van der Waals surface area contributed by atoms with Crippen molar-refractivity contribution in [2.45, 2.75) is 5.38 Å². The number of aliphatic carboxylic acids is 1. The fraction of sp³-hybridized carbons (Fsp3) is 0.667. The minimum Gasteiger partial charge on any atom is -0.480 e. The van der Waals surface area contributed by atoms with Crippen molar-refractivity contribution in [1.29, 1.82) is 0 Å². The standard InChI is InChI=1S/C3H4BrClO2/c4-1-2(5)3(6)7/h2H,1H2,(H,6,7). The lowest BCUT2D eigenvalue weighted by atomic mass is 10.5. The quantitative estimate of drug-likeness (QED) is 0.657. The van der Waals surface area contributed by atoms with Gasteiger partial charge in [-0.25, -0.2) is 0 Å². The molecule has 4 heteroatoms. The molecule has 0 saturated heterocycles. The predicted molar refractivity (Wildman–Crippen MR) is 31.1 cm³/mol. The van der Waals surface area contributed by atoms with Crippen LogP contribution in [0.1, 0.15) is 0 Å². The van der Waals surface area contributed by atoms with Crippen LogP contribution in [0.4, 0.5) is 0 Å². The van der Waals surface area contributed by atoms with Crippen molar-refractivity contribution in [3.05, 3.63) is 0 Å². The van der Waals surface area contributed by atoms with Crippen LogP contribution in [0.3, 0.4) is 0 Å². The van der Waals surface area contributed by atoms with E-state index in [0.29, 0.717) is 5.33 Å². The molecule has 0 aromatic rings. The van der Waals surface area contributed by atoms with Crippen molar-refractivity contribution >= 4 is 33.5 Å². The van der Waals surface area contributed by atoms with E-state index in [4.69, 9.17) is 16.7 Å². The van der Waals surface area contributed by atoms with E-state index >= 15 is 0 Å². The van der Waals surface area contributed by atoms with Crippen LogP contribution in [-0.2, 0) is 4.79 Å². The van der Waals surface area contributed by atoms with Crippen LogP contribution in [0.15, 0.2) is 0 Å². The maximum Gasteiger partial charge on any atom is 0.322 e. The van der Waals surface area contributed by atoms with Crippen molar-refractivity contribution in [2.75, 3.05) is 5.33 Å². The Balaban J connectivity index is 3.34. The summed E-state index contributed by atoms with van der Waals surface area (Å²) in [5.74, 6) is -0.987. The van der Waals surface area contributed by atoms with Crippen molar-refractivity contribution in [1.82, 2.24) is 0 Å². The van der Waals surface area contributed by atoms with E-state index in [1.54, 1.807) is 0 Å². The lowest BCUT2D eigenvalue weighted by molar-refractivity contribution is -0.136. The summed E-state index contributed by atoms with van der Waals surface area (Å²) < 4.78 is 0. The molecule has 42 valence electrons. The molecule has 1 atom stereocenters. The molecule has 0 radical (unpaired) electrons.